The highest BCUT2D eigenvalue weighted by atomic mass is 32.1. The highest BCUT2D eigenvalue weighted by Gasteiger charge is 2.18. The zero-order valence-corrected chi connectivity index (χ0v) is 11.0. The molecule has 0 bridgehead atoms. The second kappa shape index (κ2) is 6.34. The molecule has 0 radical (unpaired) electrons. The van der Waals surface area contributed by atoms with Crippen LogP contribution >= 0.6 is 12.2 Å². The Morgan fingerprint density at radius 2 is 2.41 bits per heavy atom. The normalized spacial score (nSPS) is 12.1. The van der Waals surface area contributed by atoms with Gasteiger partial charge in [-0.3, -0.25) is 4.79 Å². The lowest BCUT2D eigenvalue weighted by Gasteiger charge is -2.13. The minimum atomic E-state index is -0.369. The highest BCUT2D eigenvalue weighted by molar-refractivity contribution is 7.80. The highest BCUT2D eigenvalue weighted by Crippen LogP contribution is 2.03. The summed E-state index contributed by atoms with van der Waals surface area (Å²) in [5, 5.41) is 2.82. The van der Waals surface area contributed by atoms with E-state index in [0.29, 0.717) is 19.4 Å². The fraction of sp³-hybridized carbons (Fsp3) is 0.545. The average Bonchev–Trinajstić information content (AvgIpc) is 2.65. The summed E-state index contributed by atoms with van der Waals surface area (Å²) in [4.78, 5) is 16.1. The number of nitrogens with zero attached hydrogens (tertiary/aromatic N) is 2. The first-order valence-corrected chi connectivity index (χ1v) is 6.00. The van der Waals surface area contributed by atoms with E-state index in [9.17, 15) is 4.79 Å². The SMILES string of the molecule is CCC(C(=O)NCCc1nccn1C)C(N)=S. The predicted octanol–water partition coefficient (Wildman–Crippen LogP) is 0.391. The zero-order chi connectivity index (χ0) is 12.8. The molecule has 17 heavy (non-hydrogen) atoms. The van der Waals surface area contributed by atoms with E-state index in [1.807, 2.05) is 24.7 Å². The molecule has 3 N–H and O–H groups in total. The molecule has 0 aliphatic rings. The molecule has 94 valence electrons. The Bertz CT molecular complexity index is 402. The Hall–Kier alpha value is -1.43. The molecule has 1 heterocycles. The number of carbonyl (C=O) groups is 1. The lowest BCUT2D eigenvalue weighted by atomic mass is 10.1. The maximum Gasteiger partial charge on any atom is 0.229 e. The summed E-state index contributed by atoms with van der Waals surface area (Å²) in [5.74, 6) is 0.467. The van der Waals surface area contributed by atoms with Crippen LogP contribution in [-0.4, -0.2) is 27.0 Å². The summed E-state index contributed by atoms with van der Waals surface area (Å²) in [6.07, 6.45) is 4.94. The zero-order valence-electron chi connectivity index (χ0n) is 10.1. The van der Waals surface area contributed by atoms with Gasteiger partial charge in [0.1, 0.15) is 5.82 Å². The van der Waals surface area contributed by atoms with Crippen molar-refractivity contribution in [3.8, 4) is 0 Å². The van der Waals surface area contributed by atoms with Crippen molar-refractivity contribution in [3.63, 3.8) is 0 Å². The first kappa shape index (κ1) is 13.6. The maximum atomic E-state index is 11.7. The van der Waals surface area contributed by atoms with Gasteiger partial charge in [-0.05, 0) is 6.42 Å². The molecule has 1 atom stereocenters. The first-order valence-electron chi connectivity index (χ1n) is 5.59. The smallest absolute Gasteiger partial charge is 0.229 e. The van der Waals surface area contributed by atoms with Gasteiger partial charge >= 0.3 is 0 Å². The van der Waals surface area contributed by atoms with Crippen molar-refractivity contribution in [1.82, 2.24) is 14.9 Å². The van der Waals surface area contributed by atoms with E-state index in [0.717, 1.165) is 5.82 Å². The number of nitrogens with two attached hydrogens (primary N) is 1. The van der Waals surface area contributed by atoms with Crippen LogP contribution in [0.2, 0.25) is 0 Å². The lowest BCUT2D eigenvalue weighted by molar-refractivity contribution is -0.123. The molecule has 1 aromatic heterocycles. The van der Waals surface area contributed by atoms with E-state index < -0.39 is 0 Å². The molecule has 0 saturated heterocycles. The first-order chi connectivity index (χ1) is 8.06. The Morgan fingerprint density at radius 1 is 1.71 bits per heavy atom. The van der Waals surface area contributed by atoms with Crippen LogP contribution in [0.3, 0.4) is 0 Å². The fourth-order valence-electron chi connectivity index (χ4n) is 1.57. The van der Waals surface area contributed by atoms with E-state index in [1.54, 1.807) is 6.20 Å². The average molecular weight is 254 g/mol. The molecule has 5 nitrogen and oxygen atoms in total. The third kappa shape index (κ3) is 3.81. The standard InChI is InChI=1S/C11H18N4OS/c1-3-8(10(12)17)11(16)14-5-4-9-13-6-7-15(9)2/h6-8H,3-5H2,1-2H3,(H2,12,17)(H,14,16). The van der Waals surface area contributed by atoms with Gasteiger partial charge in [-0.1, -0.05) is 19.1 Å². The summed E-state index contributed by atoms with van der Waals surface area (Å²) in [6, 6.07) is 0. The molecule has 0 aromatic carbocycles. The molecule has 1 rings (SSSR count). The van der Waals surface area contributed by atoms with Crippen LogP contribution in [0, 0.1) is 5.92 Å². The monoisotopic (exact) mass is 254 g/mol. The van der Waals surface area contributed by atoms with E-state index in [-0.39, 0.29) is 16.8 Å². The summed E-state index contributed by atoms with van der Waals surface area (Å²) in [5.41, 5.74) is 5.49. The number of hydrogen-bond donors (Lipinski definition) is 2. The number of aromatic nitrogens is 2. The Balaban J connectivity index is 2.38. The molecule has 6 heteroatoms. The van der Waals surface area contributed by atoms with Crippen LogP contribution < -0.4 is 11.1 Å². The molecular formula is C11H18N4OS. The summed E-state index contributed by atoms with van der Waals surface area (Å²) < 4.78 is 1.93. The number of carbonyl (C=O) groups excluding carboxylic acids is 1. The molecule has 0 aliphatic carbocycles. The van der Waals surface area contributed by atoms with E-state index in [4.69, 9.17) is 18.0 Å². The second-order valence-electron chi connectivity index (χ2n) is 3.86. The molecule has 1 aromatic rings. The largest absolute Gasteiger partial charge is 0.393 e. The number of imidazole rings is 1. The van der Waals surface area contributed by atoms with E-state index >= 15 is 0 Å². The van der Waals surface area contributed by atoms with Crippen LogP contribution in [0.25, 0.3) is 0 Å². The molecule has 0 aliphatic heterocycles. The van der Waals surface area contributed by atoms with E-state index in [1.165, 1.54) is 0 Å². The van der Waals surface area contributed by atoms with Crippen molar-refractivity contribution >= 4 is 23.1 Å². The predicted molar refractivity (Wildman–Crippen MR) is 70.5 cm³/mol. The Morgan fingerprint density at radius 3 is 2.88 bits per heavy atom. The van der Waals surface area contributed by atoms with Crippen molar-refractivity contribution in [1.29, 1.82) is 0 Å². The van der Waals surface area contributed by atoms with Crippen LogP contribution in [0.5, 0.6) is 0 Å². The van der Waals surface area contributed by atoms with Gasteiger partial charge in [0.2, 0.25) is 5.91 Å². The van der Waals surface area contributed by atoms with Crippen molar-refractivity contribution in [2.24, 2.45) is 18.7 Å². The number of thiocarbonyl (C=S) groups is 1. The molecule has 1 amide bonds. The van der Waals surface area contributed by atoms with Gasteiger partial charge in [0.05, 0.1) is 10.9 Å². The number of aryl methyl sites for hydroxylation is 1. The molecule has 0 spiro atoms. The van der Waals surface area contributed by atoms with Gasteiger partial charge in [0.25, 0.3) is 0 Å². The quantitative estimate of drug-likeness (QED) is 0.720. The molecule has 1 unspecified atom stereocenters. The van der Waals surface area contributed by atoms with Crippen molar-refractivity contribution in [3.05, 3.63) is 18.2 Å². The Kier molecular flexibility index (Phi) is 5.09. The van der Waals surface area contributed by atoms with Gasteiger partial charge in [-0.15, -0.1) is 0 Å². The number of rotatable bonds is 6. The number of nitrogens with one attached hydrogen (secondary N) is 1. The van der Waals surface area contributed by atoms with Gasteiger partial charge in [-0.25, -0.2) is 4.98 Å². The van der Waals surface area contributed by atoms with Gasteiger partial charge in [0.15, 0.2) is 0 Å². The Labute approximate surface area is 106 Å². The molecular weight excluding hydrogens is 236 g/mol. The third-order valence-electron chi connectivity index (χ3n) is 2.64. The summed E-state index contributed by atoms with van der Waals surface area (Å²) >= 11 is 4.84. The minimum absolute atomic E-state index is 0.103. The molecule has 0 saturated carbocycles. The van der Waals surface area contributed by atoms with Crippen LogP contribution in [-0.2, 0) is 18.3 Å². The minimum Gasteiger partial charge on any atom is -0.393 e. The van der Waals surface area contributed by atoms with Crippen molar-refractivity contribution in [2.75, 3.05) is 6.54 Å². The fourth-order valence-corrected chi connectivity index (χ4v) is 1.85. The summed E-state index contributed by atoms with van der Waals surface area (Å²) in [6.45, 7) is 2.44. The van der Waals surface area contributed by atoms with Crippen molar-refractivity contribution in [2.45, 2.75) is 19.8 Å². The van der Waals surface area contributed by atoms with Crippen LogP contribution in [0.1, 0.15) is 19.2 Å². The van der Waals surface area contributed by atoms with E-state index in [2.05, 4.69) is 10.3 Å². The maximum absolute atomic E-state index is 11.7. The number of hydrogen-bond acceptors (Lipinski definition) is 3. The van der Waals surface area contributed by atoms with Crippen LogP contribution in [0.4, 0.5) is 0 Å². The summed E-state index contributed by atoms with van der Waals surface area (Å²) in [7, 11) is 1.92. The molecule has 0 fully saturated rings. The van der Waals surface area contributed by atoms with Crippen LogP contribution in [0.15, 0.2) is 12.4 Å². The number of amides is 1. The second-order valence-corrected chi connectivity index (χ2v) is 4.33. The van der Waals surface area contributed by atoms with Gasteiger partial charge < -0.3 is 15.6 Å². The van der Waals surface area contributed by atoms with Gasteiger partial charge in [-0.2, -0.15) is 0 Å². The third-order valence-corrected chi connectivity index (χ3v) is 2.92. The lowest BCUT2D eigenvalue weighted by Crippen LogP contribution is -2.38. The van der Waals surface area contributed by atoms with Gasteiger partial charge in [0, 0.05) is 32.4 Å². The topological polar surface area (TPSA) is 72.9 Å². The van der Waals surface area contributed by atoms with Crippen molar-refractivity contribution < 1.29 is 4.79 Å².